The Balaban J connectivity index is 1.75. The van der Waals surface area contributed by atoms with Gasteiger partial charge in [-0.15, -0.1) is 0 Å². The van der Waals surface area contributed by atoms with Gasteiger partial charge in [-0.3, -0.25) is 4.99 Å². The van der Waals surface area contributed by atoms with Crippen molar-refractivity contribution >= 4 is 5.84 Å². The van der Waals surface area contributed by atoms with Crippen molar-refractivity contribution < 1.29 is 0 Å². The minimum atomic E-state index is 0.338. The van der Waals surface area contributed by atoms with Crippen molar-refractivity contribution in [2.45, 2.75) is 64.8 Å². The van der Waals surface area contributed by atoms with Crippen LogP contribution in [0.5, 0.6) is 0 Å². The summed E-state index contributed by atoms with van der Waals surface area (Å²) in [5.41, 5.74) is 3.39. The van der Waals surface area contributed by atoms with Gasteiger partial charge >= 0.3 is 0 Å². The van der Waals surface area contributed by atoms with E-state index in [0.717, 1.165) is 30.0 Å². The van der Waals surface area contributed by atoms with Crippen LogP contribution in [-0.2, 0) is 0 Å². The Morgan fingerprint density at radius 3 is 2.06 bits per heavy atom. The maximum Gasteiger partial charge on any atom is 0.111 e. The monoisotopic (exact) mass is 249 g/mol. The highest BCUT2D eigenvalue weighted by atomic mass is 15.3. The number of nitrogens with two attached hydrogens (primary N) is 1. The first-order valence-electron chi connectivity index (χ1n) is 7.62. The van der Waals surface area contributed by atoms with Crippen LogP contribution in [0.1, 0.15) is 58.8 Å². The number of hydrogen-bond donors (Lipinski definition) is 2. The Bertz CT molecular complexity index is 310. The van der Waals surface area contributed by atoms with Crippen molar-refractivity contribution in [3.05, 3.63) is 0 Å². The van der Waals surface area contributed by atoms with Crippen LogP contribution in [0.3, 0.4) is 0 Å². The molecule has 0 radical (unpaired) electrons. The minimum Gasteiger partial charge on any atom is -0.312 e. The predicted octanol–water partition coefficient (Wildman–Crippen LogP) is 2.86. The Hall–Kier alpha value is -0.570. The molecular weight excluding hydrogens is 222 g/mol. The number of hydrogen-bond acceptors (Lipinski definition) is 2. The average Bonchev–Trinajstić information content (AvgIpc) is 2.25. The highest BCUT2D eigenvalue weighted by molar-refractivity contribution is 5.82. The number of amidine groups is 1. The van der Waals surface area contributed by atoms with Gasteiger partial charge in [0.1, 0.15) is 5.84 Å². The summed E-state index contributed by atoms with van der Waals surface area (Å²) in [4.78, 5) is 4.65. The molecule has 0 aromatic heterocycles. The van der Waals surface area contributed by atoms with Crippen LogP contribution in [0.15, 0.2) is 4.99 Å². The van der Waals surface area contributed by atoms with Crippen LogP contribution in [0.25, 0.3) is 0 Å². The predicted molar refractivity (Wildman–Crippen MR) is 75.1 cm³/mol. The molecule has 0 aromatic rings. The number of rotatable bonds is 3. The SMILES string of the molecule is CC(C)N=C(CC12CC3CC(CC(C3)C1)C2)NN. The maximum absolute atomic E-state index is 5.67. The van der Waals surface area contributed by atoms with Crippen molar-refractivity contribution in [2.24, 2.45) is 34.0 Å². The molecule has 0 unspecified atom stereocenters. The standard InChI is InChI=1S/C15H27N3/c1-10(2)17-14(18-16)9-15-6-11-3-12(7-15)5-13(4-11)8-15/h10-13H,3-9,16H2,1-2H3,(H,17,18). The number of aliphatic imine (C=N–C) groups is 1. The van der Waals surface area contributed by atoms with Crippen molar-refractivity contribution in [1.29, 1.82) is 0 Å². The Kier molecular flexibility index (Phi) is 3.13. The van der Waals surface area contributed by atoms with Gasteiger partial charge in [-0.1, -0.05) is 0 Å². The van der Waals surface area contributed by atoms with Crippen molar-refractivity contribution in [3.63, 3.8) is 0 Å². The number of hydrazine groups is 1. The molecular formula is C15H27N3. The summed E-state index contributed by atoms with van der Waals surface area (Å²) in [6, 6.07) is 0.338. The van der Waals surface area contributed by atoms with E-state index in [1.165, 1.54) is 38.5 Å². The van der Waals surface area contributed by atoms with Crippen molar-refractivity contribution in [1.82, 2.24) is 5.43 Å². The quantitative estimate of drug-likeness (QED) is 0.350. The minimum absolute atomic E-state index is 0.338. The Labute approximate surface area is 111 Å². The summed E-state index contributed by atoms with van der Waals surface area (Å²) in [6.45, 7) is 4.24. The second kappa shape index (κ2) is 4.52. The van der Waals surface area contributed by atoms with Crippen LogP contribution in [-0.4, -0.2) is 11.9 Å². The zero-order chi connectivity index (χ0) is 12.8. The lowest BCUT2D eigenvalue weighted by molar-refractivity contribution is -0.0485. The molecule has 0 aliphatic heterocycles. The molecule has 3 N–H and O–H groups in total. The van der Waals surface area contributed by atoms with E-state index in [4.69, 9.17) is 5.84 Å². The maximum atomic E-state index is 5.67. The van der Waals surface area contributed by atoms with E-state index in [1.807, 2.05) is 0 Å². The molecule has 102 valence electrons. The fourth-order valence-electron chi connectivity index (χ4n) is 5.31. The zero-order valence-corrected chi connectivity index (χ0v) is 11.8. The molecule has 0 heterocycles. The summed E-state index contributed by atoms with van der Waals surface area (Å²) >= 11 is 0. The molecule has 3 heteroatoms. The van der Waals surface area contributed by atoms with E-state index in [0.29, 0.717) is 11.5 Å². The van der Waals surface area contributed by atoms with E-state index < -0.39 is 0 Å². The Morgan fingerprint density at radius 2 is 1.67 bits per heavy atom. The molecule has 18 heavy (non-hydrogen) atoms. The molecule has 4 fully saturated rings. The first-order chi connectivity index (χ1) is 8.58. The fourth-order valence-corrected chi connectivity index (χ4v) is 5.31. The topological polar surface area (TPSA) is 50.4 Å². The first-order valence-corrected chi connectivity index (χ1v) is 7.62. The van der Waals surface area contributed by atoms with E-state index in [2.05, 4.69) is 24.3 Å². The molecule has 4 bridgehead atoms. The summed E-state index contributed by atoms with van der Waals surface area (Å²) < 4.78 is 0. The third-order valence-electron chi connectivity index (χ3n) is 5.29. The lowest BCUT2D eigenvalue weighted by atomic mass is 9.49. The van der Waals surface area contributed by atoms with Crippen LogP contribution in [0, 0.1) is 23.2 Å². The molecule has 4 aliphatic rings. The third kappa shape index (κ3) is 2.29. The molecule has 0 saturated heterocycles. The number of nitrogens with zero attached hydrogens (tertiary/aromatic N) is 1. The molecule has 4 aliphatic carbocycles. The molecule has 4 saturated carbocycles. The van der Waals surface area contributed by atoms with Gasteiger partial charge in [-0.2, -0.15) is 0 Å². The smallest absolute Gasteiger partial charge is 0.111 e. The molecule has 3 nitrogen and oxygen atoms in total. The van der Waals surface area contributed by atoms with Gasteiger partial charge in [0.15, 0.2) is 0 Å². The van der Waals surface area contributed by atoms with Crippen molar-refractivity contribution in [3.8, 4) is 0 Å². The molecule has 4 rings (SSSR count). The van der Waals surface area contributed by atoms with Crippen LogP contribution < -0.4 is 11.3 Å². The van der Waals surface area contributed by atoms with E-state index in [9.17, 15) is 0 Å². The highest BCUT2D eigenvalue weighted by Gasteiger charge is 2.51. The first kappa shape index (κ1) is 12.5. The van der Waals surface area contributed by atoms with Gasteiger partial charge in [-0.05, 0) is 75.5 Å². The Morgan fingerprint density at radius 1 is 1.17 bits per heavy atom. The summed E-state index contributed by atoms with van der Waals surface area (Å²) in [6.07, 6.45) is 9.89. The molecule has 0 atom stereocenters. The third-order valence-corrected chi connectivity index (χ3v) is 5.29. The van der Waals surface area contributed by atoms with Gasteiger partial charge in [-0.25, -0.2) is 5.84 Å². The van der Waals surface area contributed by atoms with Crippen LogP contribution >= 0.6 is 0 Å². The van der Waals surface area contributed by atoms with E-state index in [1.54, 1.807) is 0 Å². The lowest BCUT2D eigenvalue weighted by Crippen LogP contribution is -2.48. The van der Waals surface area contributed by atoms with Gasteiger partial charge in [0.05, 0.1) is 0 Å². The van der Waals surface area contributed by atoms with E-state index >= 15 is 0 Å². The second-order valence-corrected chi connectivity index (χ2v) is 7.41. The zero-order valence-electron chi connectivity index (χ0n) is 11.8. The van der Waals surface area contributed by atoms with Crippen LogP contribution in [0.4, 0.5) is 0 Å². The van der Waals surface area contributed by atoms with Gasteiger partial charge in [0, 0.05) is 12.5 Å². The molecule has 0 spiro atoms. The average molecular weight is 249 g/mol. The summed E-state index contributed by atoms with van der Waals surface area (Å²) in [7, 11) is 0. The summed E-state index contributed by atoms with van der Waals surface area (Å²) in [5.74, 6) is 9.73. The normalized spacial score (nSPS) is 42.7. The van der Waals surface area contributed by atoms with E-state index in [-0.39, 0.29) is 0 Å². The molecule has 0 aromatic carbocycles. The largest absolute Gasteiger partial charge is 0.312 e. The van der Waals surface area contributed by atoms with Gasteiger partial charge in [0.2, 0.25) is 0 Å². The second-order valence-electron chi connectivity index (χ2n) is 7.41. The fraction of sp³-hybridized carbons (Fsp3) is 0.933. The summed E-state index contributed by atoms with van der Waals surface area (Å²) in [5, 5.41) is 0. The highest BCUT2D eigenvalue weighted by Crippen LogP contribution is 2.61. The number of nitrogens with one attached hydrogen (secondary N) is 1. The van der Waals surface area contributed by atoms with Gasteiger partial charge in [0.25, 0.3) is 0 Å². The lowest BCUT2D eigenvalue weighted by Gasteiger charge is -2.57. The molecule has 0 amide bonds. The van der Waals surface area contributed by atoms with Gasteiger partial charge < -0.3 is 5.43 Å². The van der Waals surface area contributed by atoms with Crippen molar-refractivity contribution in [2.75, 3.05) is 0 Å². The van der Waals surface area contributed by atoms with Crippen LogP contribution in [0.2, 0.25) is 0 Å².